The number of hydrogen-bond acceptors (Lipinski definition) is 2. The van der Waals surface area contributed by atoms with Gasteiger partial charge in [-0.3, -0.25) is 0 Å². The molecule has 0 aliphatic heterocycles. The van der Waals surface area contributed by atoms with Crippen molar-refractivity contribution in [3.63, 3.8) is 0 Å². The van der Waals surface area contributed by atoms with Crippen molar-refractivity contribution < 1.29 is 4.74 Å². The summed E-state index contributed by atoms with van der Waals surface area (Å²) < 4.78 is 5.51. The predicted molar refractivity (Wildman–Crippen MR) is 64.1 cm³/mol. The molecule has 82 valence electrons. The van der Waals surface area contributed by atoms with Gasteiger partial charge in [0.15, 0.2) is 0 Å². The Bertz CT molecular complexity index is 303. The van der Waals surface area contributed by atoms with E-state index in [0.29, 0.717) is 13.2 Å². The zero-order valence-electron chi connectivity index (χ0n) is 9.33. The molecular weight excluding hydrogens is 186 g/mol. The average Bonchev–Trinajstić information content (AvgIpc) is 2.28. The van der Waals surface area contributed by atoms with E-state index in [1.807, 2.05) is 12.1 Å². The van der Waals surface area contributed by atoms with Crippen LogP contribution in [-0.4, -0.2) is 13.2 Å². The van der Waals surface area contributed by atoms with Gasteiger partial charge >= 0.3 is 0 Å². The summed E-state index contributed by atoms with van der Waals surface area (Å²) in [5.41, 5.74) is 7.68. The number of nitrogens with two attached hydrogens (primary N) is 1. The van der Waals surface area contributed by atoms with Gasteiger partial charge in [-0.1, -0.05) is 32.1 Å². The Kier molecular flexibility index (Phi) is 4.91. The summed E-state index contributed by atoms with van der Waals surface area (Å²) in [5, 5.41) is 0. The van der Waals surface area contributed by atoms with Gasteiger partial charge in [-0.25, -0.2) is 0 Å². The van der Waals surface area contributed by atoms with Gasteiger partial charge in [0.1, 0.15) is 12.4 Å². The van der Waals surface area contributed by atoms with E-state index >= 15 is 0 Å². The lowest BCUT2D eigenvalue weighted by Crippen LogP contribution is -2.09. The van der Waals surface area contributed by atoms with Crippen molar-refractivity contribution >= 4 is 0 Å². The van der Waals surface area contributed by atoms with Gasteiger partial charge in [-0.05, 0) is 29.7 Å². The Labute approximate surface area is 91.7 Å². The van der Waals surface area contributed by atoms with E-state index < -0.39 is 0 Å². The third-order valence-electron chi connectivity index (χ3n) is 2.19. The summed E-state index contributed by atoms with van der Waals surface area (Å²) >= 11 is 0. The SMILES string of the molecule is C=C(CN)COc1ccc(CCC)cc1. The molecule has 0 radical (unpaired) electrons. The molecule has 2 heteroatoms. The van der Waals surface area contributed by atoms with E-state index in [4.69, 9.17) is 10.5 Å². The first kappa shape index (κ1) is 11.8. The number of benzene rings is 1. The molecule has 0 atom stereocenters. The molecule has 0 spiro atoms. The summed E-state index contributed by atoms with van der Waals surface area (Å²) in [6.45, 7) is 6.95. The minimum atomic E-state index is 0.480. The van der Waals surface area contributed by atoms with Crippen molar-refractivity contribution in [2.45, 2.75) is 19.8 Å². The minimum Gasteiger partial charge on any atom is -0.489 e. The highest BCUT2D eigenvalue weighted by Crippen LogP contribution is 2.13. The smallest absolute Gasteiger partial charge is 0.119 e. The van der Waals surface area contributed by atoms with Crippen LogP contribution in [0.4, 0.5) is 0 Å². The highest BCUT2D eigenvalue weighted by Gasteiger charge is 1.96. The fourth-order valence-electron chi connectivity index (χ4n) is 1.29. The van der Waals surface area contributed by atoms with E-state index in [1.165, 1.54) is 12.0 Å². The molecule has 15 heavy (non-hydrogen) atoms. The van der Waals surface area contributed by atoms with Crippen LogP contribution in [0, 0.1) is 0 Å². The van der Waals surface area contributed by atoms with Crippen LogP contribution >= 0.6 is 0 Å². The molecule has 0 aromatic heterocycles. The van der Waals surface area contributed by atoms with Gasteiger partial charge < -0.3 is 10.5 Å². The summed E-state index contributed by atoms with van der Waals surface area (Å²) in [4.78, 5) is 0. The molecular formula is C13H19NO. The van der Waals surface area contributed by atoms with Gasteiger partial charge in [-0.2, -0.15) is 0 Å². The average molecular weight is 205 g/mol. The van der Waals surface area contributed by atoms with Gasteiger partial charge in [-0.15, -0.1) is 0 Å². The van der Waals surface area contributed by atoms with Crippen LogP contribution in [0.1, 0.15) is 18.9 Å². The second kappa shape index (κ2) is 6.25. The van der Waals surface area contributed by atoms with Gasteiger partial charge in [0.2, 0.25) is 0 Å². The van der Waals surface area contributed by atoms with E-state index in [-0.39, 0.29) is 0 Å². The van der Waals surface area contributed by atoms with Crippen LogP contribution in [0.2, 0.25) is 0 Å². The molecule has 0 amide bonds. The monoisotopic (exact) mass is 205 g/mol. The Morgan fingerprint density at radius 2 is 2.00 bits per heavy atom. The number of aryl methyl sites for hydroxylation is 1. The lowest BCUT2D eigenvalue weighted by molar-refractivity contribution is 0.351. The normalized spacial score (nSPS) is 10.0. The van der Waals surface area contributed by atoms with Crippen molar-refractivity contribution in [1.82, 2.24) is 0 Å². The molecule has 1 aromatic rings. The Morgan fingerprint density at radius 3 is 2.53 bits per heavy atom. The summed E-state index contributed by atoms with van der Waals surface area (Å²) in [6.07, 6.45) is 2.29. The molecule has 0 aliphatic rings. The number of hydrogen-bond donors (Lipinski definition) is 1. The van der Waals surface area contributed by atoms with Gasteiger partial charge in [0, 0.05) is 6.54 Å². The van der Waals surface area contributed by atoms with Crippen LogP contribution in [0.15, 0.2) is 36.4 Å². The Balaban J connectivity index is 2.45. The third-order valence-corrected chi connectivity index (χ3v) is 2.19. The van der Waals surface area contributed by atoms with Crippen molar-refractivity contribution in [2.24, 2.45) is 5.73 Å². The molecule has 0 fully saturated rings. The van der Waals surface area contributed by atoms with Gasteiger partial charge in [0.05, 0.1) is 0 Å². The first-order chi connectivity index (χ1) is 7.26. The Hall–Kier alpha value is -1.28. The van der Waals surface area contributed by atoms with E-state index in [1.54, 1.807) is 0 Å². The first-order valence-electron chi connectivity index (χ1n) is 5.34. The number of rotatable bonds is 6. The summed E-state index contributed by atoms with van der Waals surface area (Å²) in [7, 11) is 0. The second-order valence-electron chi connectivity index (χ2n) is 3.64. The van der Waals surface area contributed by atoms with Crippen molar-refractivity contribution in [2.75, 3.05) is 13.2 Å². The molecule has 0 bridgehead atoms. The highest BCUT2D eigenvalue weighted by atomic mass is 16.5. The minimum absolute atomic E-state index is 0.480. The topological polar surface area (TPSA) is 35.2 Å². The van der Waals surface area contributed by atoms with Crippen LogP contribution in [0.3, 0.4) is 0 Å². The molecule has 1 aromatic carbocycles. The maximum Gasteiger partial charge on any atom is 0.119 e. The second-order valence-corrected chi connectivity index (χ2v) is 3.64. The lowest BCUT2D eigenvalue weighted by atomic mass is 10.1. The first-order valence-corrected chi connectivity index (χ1v) is 5.34. The lowest BCUT2D eigenvalue weighted by Gasteiger charge is -2.07. The van der Waals surface area contributed by atoms with Crippen LogP contribution in [0.5, 0.6) is 5.75 Å². The summed E-state index contributed by atoms with van der Waals surface area (Å²) in [6, 6.07) is 8.19. The van der Waals surface area contributed by atoms with Crippen LogP contribution in [0.25, 0.3) is 0 Å². The third kappa shape index (κ3) is 4.17. The van der Waals surface area contributed by atoms with E-state index in [2.05, 4.69) is 25.6 Å². The van der Waals surface area contributed by atoms with Crippen LogP contribution in [-0.2, 0) is 6.42 Å². The van der Waals surface area contributed by atoms with E-state index in [0.717, 1.165) is 17.7 Å². The predicted octanol–water partition coefficient (Wildman–Crippen LogP) is 2.53. The fraction of sp³-hybridized carbons (Fsp3) is 0.385. The number of ether oxygens (including phenoxy) is 1. The summed E-state index contributed by atoms with van der Waals surface area (Å²) in [5.74, 6) is 0.879. The molecule has 0 heterocycles. The van der Waals surface area contributed by atoms with Crippen molar-refractivity contribution in [3.05, 3.63) is 42.0 Å². The molecule has 0 saturated heterocycles. The zero-order valence-corrected chi connectivity index (χ0v) is 9.33. The molecule has 0 aliphatic carbocycles. The molecule has 0 saturated carbocycles. The molecule has 2 nitrogen and oxygen atoms in total. The standard InChI is InChI=1S/C13H19NO/c1-3-4-12-5-7-13(8-6-12)15-10-11(2)9-14/h5-8H,2-4,9-10,14H2,1H3. The van der Waals surface area contributed by atoms with Gasteiger partial charge in [0.25, 0.3) is 0 Å². The van der Waals surface area contributed by atoms with E-state index in [9.17, 15) is 0 Å². The fourth-order valence-corrected chi connectivity index (χ4v) is 1.29. The highest BCUT2D eigenvalue weighted by molar-refractivity contribution is 5.27. The maximum atomic E-state index is 5.51. The molecule has 0 unspecified atom stereocenters. The largest absolute Gasteiger partial charge is 0.489 e. The van der Waals surface area contributed by atoms with Crippen LogP contribution < -0.4 is 10.5 Å². The van der Waals surface area contributed by atoms with Crippen molar-refractivity contribution in [1.29, 1.82) is 0 Å². The zero-order chi connectivity index (χ0) is 11.1. The van der Waals surface area contributed by atoms with Crippen molar-refractivity contribution in [3.8, 4) is 5.75 Å². The quantitative estimate of drug-likeness (QED) is 0.724. The molecule has 2 N–H and O–H groups in total. The molecule has 1 rings (SSSR count). The maximum absolute atomic E-state index is 5.51. The Morgan fingerprint density at radius 1 is 1.33 bits per heavy atom.